The predicted octanol–water partition coefficient (Wildman–Crippen LogP) is 4.53. The maximum atomic E-state index is 13.1. The average molecular weight is 491 g/mol. The van der Waals surface area contributed by atoms with Crippen molar-refractivity contribution in [1.82, 2.24) is 0 Å². The Labute approximate surface area is 210 Å². The third-order valence-electron chi connectivity index (χ3n) is 5.97. The van der Waals surface area contributed by atoms with Crippen LogP contribution in [0.1, 0.15) is 29.5 Å². The second-order valence-corrected chi connectivity index (χ2v) is 8.65. The number of ether oxygens (including phenoxy) is 4. The van der Waals surface area contributed by atoms with Crippen LogP contribution in [0.25, 0.3) is 0 Å². The third kappa shape index (κ3) is 7.24. The number of rotatable bonds is 12. The van der Waals surface area contributed by atoms with Crippen molar-refractivity contribution in [1.29, 1.82) is 0 Å². The van der Waals surface area contributed by atoms with Gasteiger partial charge in [-0.3, -0.25) is 4.79 Å². The lowest BCUT2D eigenvalue weighted by molar-refractivity contribution is -0.234. The van der Waals surface area contributed by atoms with Crippen LogP contribution in [0.5, 0.6) is 0 Å². The number of carboxylic acids is 1. The molecule has 0 unspecified atom stereocenters. The number of aliphatic carboxylic acids is 1. The normalized spacial score (nSPS) is 21.6. The largest absolute Gasteiger partial charge is 0.481 e. The van der Waals surface area contributed by atoms with Crippen molar-refractivity contribution in [2.24, 2.45) is 0 Å². The zero-order chi connectivity index (χ0) is 25.2. The van der Waals surface area contributed by atoms with Gasteiger partial charge in [-0.25, -0.2) is 4.79 Å². The van der Waals surface area contributed by atoms with Gasteiger partial charge >= 0.3 is 11.9 Å². The summed E-state index contributed by atoms with van der Waals surface area (Å²) in [7, 11) is 0. The summed E-state index contributed by atoms with van der Waals surface area (Å²) in [4.78, 5) is 24.4. The standard InChI is InChI=1S/C29H30O7/c30-25(31)17-16-24-26(33-18-21-10-4-1-5-11-21)27(34-19-22-12-6-2-7-13-22)28(29(32)36-24)35-20-23-14-8-3-9-15-23/h1-15,24,26-28H,16-20H2,(H,30,31)/t24-,26-,27+,28-/m1/s1. The maximum Gasteiger partial charge on any atom is 0.338 e. The average Bonchev–Trinajstić information content (AvgIpc) is 2.91. The quantitative estimate of drug-likeness (QED) is 0.373. The monoisotopic (exact) mass is 490 g/mol. The number of carbonyl (C=O) groups excluding carboxylic acids is 1. The molecule has 1 saturated heterocycles. The minimum Gasteiger partial charge on any atom is -0.481 e. The highest BCUT2D eigenvalue weighted by molar-refractivity contribution is 5.77. The van der Waals surface area contributed by atoms with Gasteiger partial charge in [0.25, 0.3) is 0 Å². The Hall–Kier alpha value is -3.52. The van der Waals surface area contributed by atoms with Crippen molar-refractivity contribution < 1.29 is 33.6 Å². The molecule has 0 saturated carbocycles. The first-order chi connectivity index (χ1) is 17.6. The molecule has 0 aromatic heterocycles. The van der Waals surface area contributed by atoms with Gasteiger partial charge in [-0.1, -0.05) is 91.0 Å². The topological polar surface area (TPSA) is 91.3 Å². The summed E-state index contributed by atoms with van der Waals surface area (Å²) in [6.07, 6.45) is -3.38. The summed E-state index contributed by atoms with van der Waals surface area (Å²) in [5, 5.41) is 9.25. The van der Waals surface area contributed by atoms with Crippen LogP contribution in [0.2, 0.25) is 0 Å². The molecule has 1 aliphatic heterocycles. The summed E-state index contributed by atoms with van der Waals surface area (Å²) >= 11 is 0. The number of esters is 1. The molecule has 7 nitrogen and oxygen atoms in total. The molecule has 1 fully saturated rings. The molecular formula is C29H30O7. The molecule has 188 valence electrons. The zero-order valence-electron chi connectivity index (χ0n) is 19.9. The summed E-state index contributed by atoms with van der Waals surface area (Å²) < 4.78 is 24.3. The molecule has 4 rings (SSSR count). The first kappa shape index (κ1) is 25.6. The van der Waals surface area contributed by atoms with Gasteiger partial charge in [0.15, 0.2) is 6.10 Å². The van der Waals surface area contributed by atoms with Crippen molar-refractivity contribution in [3.8, 4) is 0 Å². The van der Waals surface area contributed by atoms with Crippen LogP contribution < -0.4 is 0 Å². The highest BCUT2D eigenvalue weighted by Crippen LogP contribution is 2.29. The molecular weight excluding hydrogens is 460 g/mol. The second kappa shape index (κ2) is 13.0. The number of carboxylic acid groups (broad SMARTS) is 1. The number of hydrogen-bond donors (Lipinski definition) is 1. The summed E-state index contributed by atoms with van der Waals surface area (Å²) in [5.41, 5.74) is 2.78. The Kier molecular flexibility index (Phi) is 9.21. The second-order valence-electron chi connectivity index (χ2n) is 8.65. The van der Waals surface area contributed by atoms with Crippen LogP contribution in [-0.4, -0.2) is 41.5 Å². The SMILES string of the molecule is O=C(O)CC[C@H]1OC(=O)[C@H](OCc2ccccc2)[C@@H](OCc2ccccc2)[C@@H]1OCc1ccccc1. The van der Waals surface area contributed by atoms with Gasteiger partial charge in [0.05, 0.1) is 19.8 Å². The van der Waals surface area contributed by atoms with Gasteiger partial charge in [-0.05, 0) is 23.1 Å². The van der Waals surface area contributed by atoms with E-state index in [4.69, 9.17) is 18.9 Å². The summed E-state index contributed by atoms with van der Waals surface area (Å²) in [6.45, 7) is 0.682. The van der Waals surface area contributed by atoms with Gasteiger partial charge in [0, 0.05) is 6.42 Å². The maximum absolute atomic E-state index is 13.1. The molecule has 0 spiro atoms. The number of benzene rings is 3. The Morgan fingerprint density at radius 1 is 0.694 bits per heavy atom. The van der Waals surface area contributed by atoms with Crippen molar-refractivity contribution >= 4 is 11.9 Å². The fourth-order valence-electron chi connectivity index (χ4n) is 4.13. The number of cyclic esters (lactones) is 1. The van der Waals surface area contributed by atoms with E-state index in [0.29, 0.717) is 0 Å². The first-order valence-electron chi connectivity index (χ1n) is 12.0. The Bertz CT molecular complexity index is 1090. The van der Waals surface area contributed by atoms with Crippen LogP contribution in [0, 0.1) is 0 Å². The molecule has 1 aliphatic rings. The smallest absolute Gasteiger partial charge is 0.338 e. The van der Waals surface area contributed by atoms with Gasteiger partial charge in [-0.15, -0.1) is 0 Å². The predicted molar refractivity (Wildman–Crippen MR) is 132 cm³/mol. The minimum atomic E-state index is -1.03. The van der Waals surface area contributed by atoms with E-state index in [1.54, 1.807) is 0 Å². The van der Waals surface area contributed by atoms with E-state index in [0.717, 1.165) is 16.7 Å². The first-order valence-corrected chi connectivity index (χ1v) is 12.0. The van der Waals surface area contributed by atoms with E-state index in [9.17, 15) is 14.7 Å². The van der Waals surface area contributed by atoms with E-state index in [2.05, 4.69) is 0 Å². The molecule has 0 amide bonds. The van der Waals surface area contributed by atoms with Crippen molar-refractivity contribution in [3.63, 3.8) is 0 Å². The lowest BCUT2D eigenvalue weighted by Gasteiger charge is -2.41. The minimum absolute atomic E-state index is 0.108. The Morgan fingerprint density at radius 2 is 1.14 bits per heavy atom. The van der Waals surface area contributed by atoms with E-state index >= 15 is 0 Å². The van der Waals surface area contributed by atoms with Crippen molar-refractivity contribution in [3.05, 3.63) is 108 Å². The lowest BCUT2D eigenvalue weighted by Crippen LogP contribution is -2.58. The summed E-state index contributed by atoms with van der Waals surface area (Å²) in [6, 6.07) is 28.7. The van der Waals surface area contributed by atoms with E-state index < -0.39 is 36.4 Å². The van der Waals surface area contributed by atoms with Crippen LogP contribution >= 0.6 is 0 Å². The molecule has 0 aliphatic carbocycles. The number of carbonyl (C=O) groups is 2. The lowest BCUT2D eigenvalue weighted by atomic mass is 9.95. The van der Waals surface area contributed by atoms with E-state index in [1.165, 1.54) is 0 Å². The van der Waals surface area contributed by atoms with Crippen LogP contribution in [0.15, 0.2) is 91.0 Å². The van der Waals surface area contributed by atoms with Gasteiger partial charge in [0.2, 0.25) is 0 Å². The molecule has 3 aromatic carbocycles. The van der Waals surface area contributed by atoms with Gasteiger partial charge < -0.3 is 24.1 Å². The van der Waals surface area contributed by atoms with E-state index in [1.807, 2.05) is 91.0 Å². The molecule has 1 N–H and O–H groups in total. The molecule has 7 heteroatoms. The molecule has 1 heterocycles. The highest BCUT2D eigenvalue weighted by atomic mass is 16.6. The van der Waals surface area contributed by atoms with Crippen LogP contribution in [0.4, 0.5) is 0 Å². The van der Waals surface area contributed by atoms with Crippen molar-refractivity contribution in [2.75, 3.05) is 0 Å². The summed E-state index contributed by atoms with van der Waals surface area (Å²) in [5.74, 6) is -1.56. The van der Waals surface area contributed by atoms with Gasteiger partial charge in [0.1, 0.15) is 18.3 Å². The fraction of sp³-hybridized carbons (Fsp3) is 0.310. The van der Waals surface area contributed by atoms with Crippen LogP contribution in [0.3, 0.4) is 0 Å². The molecule has 0 bridgehead atoms. The molecule has 36 heavy (non-hydrogen) atoms. The van der Waals surface area contributed by atoms with Gasteiger partial charge in [-0.2, -0.15) is 0 Å². The Morgan fingerprint density at radius 3 is 1.61 bits per heavy atom. The molecule has 4 atom stereocenters. The fourth-order valence-corrected chi connectivity index (χ4v) is 4.13. The van der Waals surface area contributed by atoms with Crippen LogP contribution in [-0.2, 0) is 48.4 Å². The molecule has 0 radical (unpaired) electrons. The zero-order valence-corrected chi connectivity index (χ0v) is 19.9. The number of hydrogen-bond acceptors (Lipinski definition) is 6. The highest BCUT2D eigenvalue weighted by Gasteiger charge is 2.48. The third-order valence-corrected chi connectivity index (χ3v) is 5.97. The van der Waals surface area contributed by atoms with E-state index in [-0.39, 0.29) is 32.7 Å². The Balaban J connectivity index is 1.57. The molecule has 3 aromatic rings. The van der Waals surface area contributed by atoms with Crippen molar-refractivity contribution in [2.45, 2.75) is 57.1 Å².